The molecule has 558 valence electrons. The summed E-state index contributed by atoms with van der Waals surface area (Å²) in [6, 6.07) is 75.2. The van der Waals surface area contributed by atoms with Crippen LogP contribution in [0.1, 0.15) is 79.1 Å². The van der Waals surface area contributed by atoms with E-state index in [0.717, 1.165) is 44.5 Å². The fraction of sp³-hybridized carbons (Fsp3) is 0.412. The van der Waals surface area contributed by atoms with Crippen LogP contribution in [0, 0.1) is 0 Å². The molecule has 8 aromatic rings. The van der Waals surface area contributed by atoms with Crippen molar-refractivity contribution >= 4 is 20.3 Å². The Morgan fingerprint density at radius 1 is 0.352 bits per heavy atom. The van der Waals surface area contributed by atoms with E-state index in [2.05, 4.69) is 33.9 Å². The second kappa shape index (κ2) is 38.6. The van der Waals surface area contributed by atoms with Gasteiger partial charge in [0.1, 0.15) is 79.0 Å². The van der Waals surface area contributed by atoms with E-state index in [4.69, 9.17) is 75.5 Å². The number of carbonyl (C=O) groups excluding carboxylic acids is 2. The minimum absolute atomic E-state index is 0.00996. The molecule has 2 saturated heterocycles. The van der Waals surface area contributed by atoms with Crippen LogP contribution in [0.2, 0.25) is 18.1 Å². The highest BCUT2D eigenvalue weighted by atomic mass is 28.4. The molecule has 2 heterocycles. The molecule has 8 aromatic carbocycles. The highest BCUT2D eigenvalue weighted by Gasteiger charge is 2.61. The molecule has 0 bridgehead atoms. The maximum atomic E-state index is 14.2. The van der Waals surface area contributed by atoms with Crippen LogP contribution in [0.5, 0.6) is 5.75 Å². The Morgan fingerprint density at radius 2 is 0.600 bits per heavy atom. The van der Waals surface area contributed by atoms with Crippen LogP contribution >= 0.6 is 0 Å². The third-order valence-corrected chi connectivity index (χ3v) is 24.0. The molecule has 1 saturated carbocycles. The molecule has 0 aromatic heterocycles. The van der Waals surface area contributed by atoms with Crippen LogP contribution in [0.4, 0.5) is 0 Å². The summed E-state index contributed by atoms with van der Waals surface area (Å²) in [5, 5.41) is 11.5. The summed E-state index contributed by atoms with van der Waals surface area (Å²) in [5.74, 6) is -0.723. The third kappa shape index (κ3) is 21.9. The molecule has 1 aliphatic carbocycles. The summed E-state index contributed by atoms with van der Waals surface area (Å²) in [4.78, 5) is 28.2. The van der Waals surface area contributed by atoms with Gasteiger partial charge in [-0.05, 0) is 74.8 Å². The first-order chi connectivity index (χ1) is 51.0. The van der Waals surface area contributed by atoms with Gasteiger partial charge in [-0.3, -0.25) is 9.59 Å². The Labute approximate surface area is 618 Å². The Morgan fingerprint density at radius 3 is 0.876 bits per heavy atom. The third-order valence-electron chi connectivity index (χ3n) is 19.5. The smallest absolute Gasteiger partial charge is 0.303 e. The number of esters is 2. The van der Waals surface area contributed by atoms with Gasteiger partial charge in [0.05, 0.1) is 73.2 Å². The predicted octanol–water partition coefficient (Wildman–Crippen LogP) is 13.8. The summed E-state index contributed by atoms with van der Waals surface area (Å²) in [6.45, 7) is 13.2. The fourth-order valence-corrected chi connectivity index (χ4v) is 14.0. The highest BCUT2D eigenvalue weighted by Crippen LogP contribution is 2.43. The van der Waals surface area contributed by atoms with Gasteiger partial charge in [0.2, 0.25) is 0 Å². The largest absolute Gasteiger partial charge is 0.497 e. The summed E-state index contributed by atoms with van der Waals surface area (Å²) in [7, 11) is -0.989. The van der Waals surface area contributed by atoms with E-state index in [1.54, 1.807) is 7.11 Å². The molecule has 1 N–H and O–H groups in total. The van der Waals surface area contributed by atoms with Gasteiger partial charge in [-0.25, -0.2) is 0 Å². The fourth-order valence-electron chi connectivity index (χ4n) is 13.0. The number of benzene rings is 8. The molecular weight excluding hydrogens is 1350 g/mol. The van der Waals surface area contributed by atoms with Crippen LogP contribution in [-0.4, -0.2) is 144 Å². The normalized spacial score (nSPS) is 25.6. The van der Waals surface area contributed by atoms with E-state index >= 15 is 0 Å². The van der Waals surface area contributed by atoms with Gasteiger partial charge >= 0.3 is 11.9 Å². The molecule has 11 rings (SSSR count). The van der Waals surface area contributed by atoms with Gasteiger partial charge in [-0.1, -0.05) is 245 Å². The van der Waals surface area contributed by atoms with E-state index in [1.165, 1.54) is 13.8 Å². The van der Waals surface area contributed by atoms with Gasteiger partial charge in [-0.15, -0.1) is 0 Å². The minimum Gasteiger partial charge on any atom is -0.497 e. The predicted molar refractivity (Wildman–Crippen MR) is 395 cm³/mol. The highest BCUT2D eigenvalue weighted by molar-refractivity contribution is 6.74. The van der Waals surface area contributed by atoms with Gasteiger partial charge in [0.15, 0.2) is 33.1 Å². The maximum absolute atomic E-state index is 14.2. The Bertz CT molecular complexity index is 3830. The molecule has 3 aliphatic rings. The summed E-state index contributed by atoms with van der Waals surface area (Å²) in [6.07, 6.45) is -20.0. The number of rotatable bonds is 35. The van der Waals surface area contributed by atoms with Gasteiger partial charge in [-0.2, -0.15) is 0 Å². The van der Waals surface area contributed by atoms with Gasteiger partial charge in [0.25, 0.3) is 0 Å². The lowest BCUT2D eigenvalue weighted by atomic mass is 9.83. The molecule has 0 spiro atoms. The monoisotopic (exact) mass is 1450 g/mol. The first kappa shape index (κ1) is 78.2. The first-order valence-corrected chi connectivity index (χ1v) is 39.0. The average molecular weight is 1450 g/mol. The van der Waals surface area contributed by atoms with Crippen molar-refractivity contribution in [3.8, 4) is 5.75 Å². The molecular formula is C85H100O19Si. The van der Waals surface area contributed by atoms with E-state index in [1.807, 2.05) is 237 Å². The van der Waals surface area contributed by atoms with Crippen LogP contribution in [0.3, 0.4) is 0 Å². The van der Waals surface area contributed by atoms with Crippen molar-refractivity contribution < 1.29 is 90.2 Å². The van der Waals surface area contributed by atoms with Crippen molar-refractivity contribution in [3.63, 3.8) is 0 Å². The molecule has 16 atom stereocenters. The zero-order chi connectivity index (χ0) is 73.6. The number of methoxy groups -OCH3 is 1. The zero-order valence-corrected chi connectivity index (χ0v) is 62.1. The number of carbonyl (C=O) groups is 2. The van der Waals surface area contributed by atoms with Crippen molar-refractivity contribution in [2.45, 2.75) is 204 Å². The van der Waals surface area contributed by atoms with E-state index < -0.39 is 125 Å². The SMILES string of the molecule is COc1ccc(CO[C@@H]2[C@H](O[C@H]3O[C@H](CO[Si](C)(C)C(C)(C)C)[C@@H](OCc4ccccc4)[C@H](OCc4ccccc4)[C@@H]3OC(C)=O)[C@H](OCc3ccccc3)C(OCc3ccccc3)[C@H](OCc3ccccc3)[C@H]2O[C@H]2O[C@H](CO)[C@@H](OCc3ccccc3)[C@H](OCc3ccccc3)[C@@H]2OC(C)=O)cc1. The zero-order valence-electron chi connectivity index (χ0n) is 61.1. The van der Waals surface area contributed by atoms with Crippen molar-refractivity contribution in [1.29, 1.82) is 0 Å². The topological polar surface area (TPSA) is 202 Å². The van der Waals surface area contributed by atoms with Crippen molar-refractivity contribution in [1.82, 2.24) is 0 Å². The molecule has 2 aliphatic heterocycles. The number of aliphatic hydroxyl groups is 1. The Hall–Kier alpha value is -7.84. The lowest BCUT2D eigenvalue weighted by Gasteiger charge is -2.53. The van der Waals surface area contributed by atoms with Crippen LogP contribution in [0.25, 0.3) is 0 Å². The van der Waals surface area contributed by atoms with Crippen molar-refractivity contribution in [2.75, 3.05) is 20.3 Å². The minimum atomic E-state index is -2.59. The molecule has 20 heteroatoms. The molecule has 1 unspecified atom stereocenters. The second-order valence-electron chi connectivity index (χ2n) is 28.1. The van der Waals surface area contributed by atoms with Crippen molar-refractivity contribution in [3.05, 3.63) is 281 Å². The van der Waals surface area contributed by atoms with Crippen LogP contribution in [0.15, 0.2) is 237 Å². The summed E-state index contributed by atoms with van der Waals surface area (Å²) in [5.41, 5.74) is 6.54. The van der Waals surface area contributed by atoms with E-state index in [0.29, 0.717) is 5.75 Å². The summed E-state index contributed by atoms with van der Waals surface area (Å²) < 4.78 is 114. The number of hydrogen-bond donors (Lipinski definition) is 1. The maximum Gasteiger partial charge on any atom is 0.303 e. The first-order valence-electron chi connectivity index (χ1n) is 36.0. The van der Waals surface area contributed by atoms with Crippen molar-refractivity contribution in [2.24, 2.45) is 0 Å². The molecule has 3 fully saturated rings. The Kier molecular flexibility index (Phi) is 28.8. The number of aliphatic hydroxyl groups excluding tert-OH is 1. The average Bonchev–Trinajstić information content (AvgIpc) is 0.748. The number of ether oxygens (including phenoxy) is 15. The quantitative estimate of drug-likeness (QED) is 0.0290. The van der Waals surface area contributed by atoms with Gasteiger partial charge < -0.3 is 80.6 Å². The standard InChI is InChI=1S/C85H100O19Si/c1-58(87)99-81-73(92-51-62-34-20-11-21-35-62)71(90-49-60-30-16-9-17-31-60)69(48-86)101-83(81)103-79-76(95-54-65-40-26-14-27-41-65)75(94-53-64-38-24-13-25-39-64)77(96-55-66-42-28-15-29-43-66)80(78(79)97-56-67-44-46-68(89-6)47-45-67)104-84-82(100-59(2)88)74(93-52-63-36-22-12-23-37-63)72(91-50-61-32-18-10-19-33-61)70(102-84)57-98-105(7,8)85(3,4)5/h9-47,69-84,86H,48-57H2,1-8H3/t69-,70-,71-,72-,73+,74+,75?,76+,77-,78+,79-,80-,81+,82+,83-,84-/m1/s1. The van der Waals surface area contributed by atoms with E-state index in [-0.39, 0.29) is 64.5 Å². The lowest BCUT2D eigenvalue weighted by molar-refractivity contribution is -0.379. The second-order valence-corrected chi connectivity index (χ2v) is 33.0. The lowest BCUT2D eigenvalue weighted by Crippen LogP contribution is -2.71. The number of hydrogen-bond acceptors (Lipinski definition) is 19. The van der Waals surface area contributed by atoms with E-state index in [9.17, 15) is 14.7 Å². The molecule has 0 radical (unpaired) electrons. The van der Waals surface area contributed by atoms with Gasteiger partial charge in [0, 0.05) is 13.8 Å². The van der Waals surface area contributed by atoms with Crippen LogP contribution < -0.4 is 4.74 Å². The van der Waals surface area contributed by atoms with Crippen LogP contribution in [-0.2, 0) is 133 Å². The molecule has 19 nitrogen and oxygen atoms in total. The Balaban J connectivity index is 1.11. The molecule has 0 amide bonds. The molecule has 105 heavy (non-hydrogen) atoms. The summed E-state index contributed by atoms with van der Waals surface area (Å²) >= 11 is 0.